The smallest absolute Gasteiger partial charge is 0.314 e. The number of aliphatic carboxylic acids is 1. The van der Waals surface area contributed by atoms with Gasteiger partial charge in [0, 0.05) is 13.1 Å². The third-order valence-electron chi connectivity index (χ3n) is 3.96. The highest BCUT2D eigenvalue weighted by atomic mass is 16.4. The van der Waals surface area contributed by atoms with E-state index in [9.17, 15) is 9.59 Å². The summed E-state index contributed by atoms with van der Waals surface area (Å²) in [6, 6.07) is -0.261. The van der Waals surface area contributed by atoms with Gasteiger partial charge in [-0.3, -0.25) is 4.79 Å². The van der Waals surface area contributed by atoms with Crippen LogP contribution < -0.4 is 10.6 Å². The lowest BCUT2D eigenvalue weighted by molar-refractivity contribution is -0.147. The minimum absolute atomic E-state index is 0.162. The molecular weight excluding hydrogens is 232 g/mol. The van der Waals surface area contributed by atoms with E-state index < -0.39 is 11.4 Å². The van der Waals surface area contributed by atoms with Gasteiger partial charge < -0.3 is 15.7 Å². The molecule has 1 aliphatic carbocycles. The number of carboxylic acid groups (broad SMARTS) is 1. The molecule has 1 fully saturated rings. The summed E-state index contributed by atoms with van der Waals surface area (Å²) >= 11 is 0. The van der Waals surface area contributed by atoms with Gasteiger partial charge in [0.1, 0.15) is 0 Å². The highest BCUT2D eigenvalue weighted by Crippen LogP contribution is 2.23. The van der Waals surface area contributed by atoms with Crippen LogP contribution in [0.25, 0.3) is 0 Å². The maximum Gasteiger partial charge on any atom is 0.314 e. The summed E-state index contributed by atoms with van der Waals surface area (Å²) in [7, 11) is 0. The van der Waals surface area contributed by atoms with E-state index in [0.29, 0.717) is 18.9 Å². The van der Waals surface area contributed by atoms with Crippen LogP contribution in [0.15, 0.2) is 0 Å². The van der Waals surface area contributed by atoms with Gasteiger partial charge in [0.05, 0.1) is 5.41 Å². The molecule has 18 heavy (non-hydrogen) atoms. The summed E-state index contributed by atoms with van der Waals surface area (Å²) in [4.78, 5) is 22.6. The number of carboxylic acids is 1. The third kappa shape index (κ3) is 4.20. The van der Waals surface area contributed by atoms with Gasteiger partial charge in [-0.2, -0.15) is 0 Å². The van der Waals surface area contributed by atoms with Crippen LogP contribution in [0.5, 0.6) is 0 Å². The van der Waals surface area contributed by atoms with Crippen LogP contribution in [0.4, 0.5) is 4.79 Å². The van der Waals surface area contributed by atoms with E-state index in [1.54, 1.807) is 6.92 Å². The molecule has 0 radical (unpaired) electrons. The van der Waals surface area contributed by atoms with Crippen LogP contribution in [0.3, 0.4) is 0 Å². The van der Waals surface area contributed by atoms with Crippen LogP contribution >= 0.6 is 0 Å². The SMILES string of the molecule is CCC(C)(CNC(=O)NCC1CCCC1)C(=O)O. The van der Waals surface area contributed by atoms with Gasteiger partial charge in [0.2, 0.25) is 0 Å². The van der Waals surface area contributed by atoms with Gasteiger partial charge >= 0.3 is 12.0 Å². The molecule has 0 bridgehead atoms. The first kappa shape index (κ1) is 14.8. The Kier molecular flexibility index (Phi) is 5.44. The predicted molar refractivity (Wildman–Crippen MR) is 69.4 cm³/mol. The van der Waals surface area contributed by atoms with Crippen LogP contribution in [0.1, 0.15) is 46.0 Å². The Balaban J connectivity index is 2.25. The first-order chi connectivity index (χ1) is 8.48. The topological polar surface area (TPSA) is 78.4 Å². The number of carbonyl (C=O) groups excluding carboxylic acids is 1. The number of urea groups is 1. The molecule has 2 amide bonds. The molecule has 3 N–H and O–H groups in total. The monoisotopic (exact) mass is 256 g/mol. The molecule has 0 spiro atoms. The van der Waals surface area contributed by atoms with Crippen LogP contribution in [-0.4, -0.2) is 30.2 Å². The van der Waals surface area contributed by atoms with Crippen molar-refractivity contribution >= 4 is 12.0 Å². The Morgan fingerprint density at radius 2 is 1.89 bits per heavy atom. The molecule has 1 atom stereocenters. The van der Waals surface area contributed by atoms with Gasteiger partial charge in [-0.1, -0.05) is 19.8 Å². The lowest BCUT2D eigenvalue weighted by Crippen LogP contribution is -2.45. The molecule has 1 saturated carbocycles. The van der Waals surface area contributed by atoms with E-state index in [1.807, 2.05) is 6.92 Å². The summed E-state index contributed by atoms with van der Waals surface area (Å²) in [5, 5.41) is 14.5. The molecular formula is C13H24N2O3. The summed E-state index contributed by atoms with van der Waals surface area (Å²) in [5.41, 5.74) is -0.884. The van der Waals surface area contributed by atoms with Crippen LogP contribution in [-0.2, 0) is 4.79 Å². The highest BCUT2D eigenvalue weighted by molar-refractivity contribution is 5.77. The fourth-order valence-electron chi connectivity index (χ4n) is 2.14. The minimum Gasteiger partial charge on any atom is -0.481 e. The molecule has 0 saturated heterocycles. The zero-order valence-corrected chi connectivity index (χ0v) is 11.3. The van der Waals surface area contributed by atoms with E-state index in [1.165, 1.54) is 25.7 Å². The first-order valence-corrected chi connectivity index (χ1v) is 6.73. The van der Waals surface area contributed by atoms with Gasteiger partial charge in [0.15, 0.2) is 0 Å². The number of amides is 2. The van der Waals surface area contributed by atoms with E-state index in [2.05, 4.69) is 10.6 Å². The molecule has 0 aromatic heterocycles. The summed E-state index contributed by atoms with van der Waals surface area (Å²) < 4.78 is 0. The van der Waals surface area contributed by atoms with Gasteiger partial charge in [0.25, 0.3) is 0 Å². The standard InChI is InChI=1S/C13H24N2O3/c1-3-13(2,11(16)17)9-15-12(18)14-8-10-6-4-5-7-10/h10H,3-9H2,1-2H3,(H,16,17)(H2,14,15,18). The Labute approximate surface area is 108 Å². The predicted octanol–water partition coefficient (Wildman–Crippen LogP) is 1.98. The van der Waals surface area contributed by atoms with Crippen LogP contribution in [0, 0.1) is 11.3 Å². The Bertz CT molecular complexity index is 301. The van der Waals surface area contributed by atoms with Crippen molar-refractivity contribution in [3.05, 3.63) is 0 Å². The van der Waals surface area contributed by atoms with E-state index >= 15 is 0 Å². The van der Waals surface area contributed by atoms with E-state index in [0.717, 1.165) is 0 Å². The van der Waals surface area contributed by atoms with Gasteiger partial charge in [-0.05, 0) is 32.1 Å². The number of rotatable bonds is 6. The van der Waals surface area contributed by atoms with Crippen molar-refractivity contribution in [2.75, 3.05) is 13.1 Å². The summed E-state index contributed by atoms with van der Waals surface area (Å²) in [6.45, 7) is 4.32. The van der Waals surface area contributed by atoms with Gasteiger partial charge in [-0.15, -0.1) is 0 Å². The Morgan fingerprint density at radius 3 is 2.39 bits per heavy atom. The summed E-state index contributed by atoms with van der Waals surface area (Å²) in [6.07, 6.45) is 5.36. The van der Waals surface area contributed by atoms with Crippen molar-refractivity contribution in [1.82, 2.24) is 10.6 Å². The lowest BCUT2D eigenvalue weighted by atomic mass is 9.88. The zero-order valence-electron chi connectivity index (χ0n) is 11.3. The number of hydrogen-bond acceptors (Lipinski definition) is 2. The molecule has 1 unspecified atom stereocenters. The minimum atomic E-state index is -0.884. The molecule has 5 heteroatoms. The van der Waals surface area contributed by atoms with E-state index in [4.69, 9.17) is 5.11 Å². The number of hydrogen-bond donors (Lipinski definition) is 3. The second kappa shape index (κ2) is 6.61. The largest absolute Gasteiger partial charge is 0.481 e. The van der Waals surface area contributed by atoms with E-state index in [-0.39, 0.29) is 12.6 Å². The van der Waals surface area contributed by atoms with Crippen molar-refractivity contribution < 1.29 is 14.7 Å². The Morgan fingerprint density at radius 1 is 1.28 bits per heavy atom. The van der Waals surface area contributed by atoms with Crippen LogP contribution in [0.2, 0.25) is 0 Å². The average Bonchev–Trinajstić information content (AvgIpc) is 2.86. The van der Waals surface area contributed by atoms with Crippen molar-refractivity contribution in [2.45, 2.75) is 46.0 Å². The second-order valence-corrected chi connectivity index (χ2v) is 5.43. The molecule has 0 aromatic rings. The maximum atomic E-state index is 11.6. The average molecular weight is 256 g/mol. The molecule has 104 valence electrons. The highest BCUT2D eigenvalue weighted by Gasteiger charge is 2.31. The summed E-state index contributed by atoms with van der Waals surface area (Å²) in [5.74, 6) is -0.283. The molecule has 0 heterocycles. The lowest BCUT2D eigenvalue weighted by Gasteiger charge is -2.23. The molecule has 1 rings (SSSR count). The zero-order chi connectivity index (χ0) is 13.6. The molecule has 0 aliphatic heterocycles. The van der Waals surface area contributed by atoms with Crippen molar-refractivity contribution in [3.8, 4) is 0 Å². The quantitative estimate of drug-likeness (QED) is 0.680. The second-order valence-electron chi connectivity index (χ2n) is 5.43. The Hall–Kier alpha value is -1.26. The third-order valence-corrected chi connectivity index (χ3v) is 3.96. The number of carbonyl (C=O) groups is 2. The van der Waals surface area contributed by atoms with Crippen molar-refractivity contribution in [2.24, 2.45) is 11.3 Å². The van der Waals surface area contributed by atoms with Gasteiger partial charge in [-0.25, -0.2) is 4.79 Å². The first-order valence-electron chi connectivity index (χ1n) is 6.73. The fourth-order valence-corrected chi connectivity index (χ4v) is 2.14. The normalized spacial score (nSPS) is 19.2. The molecule has 1 aliphatic rings. The molecule has 5 nitrogen and oxygen atoms in total. The molecule has 0 aromatic carbocycles. The van der Waals surface area contributed by atoms with Crippen molar-refractivity contribution in [1.29, 1.82) is 0 Å². The maximum absolute atomic E-state index is 11.6. The fraction of sp³-hybridized carbons (Fsp3) is 0.846. The van der Waals surface area contributed by atoms with Crippen molar-refractivity contribution in [3.63, 3.8) is 0 Å². The number of nitrogens with one attached hydrogen (secondary N) is 2.